The van der Waals surface area contributed by atoms with Gasteiger partial charge in [-0.1, -0.05) is 24.6 Å². The number of hydrogen-bond acceptors (Lipinski definition) is 8. The predicted molar refractivity (Wildman–Crippen MR) is 145 cm³/mol. The van der Waals surface area contributed by atoms with Gasteiger partial charge in [0.25, 0.3) is 0 Å². The monoisotopic (exact) mass is 581 g/mol. The Labute approximate surface area is 232 Å². The molecule has 2 atom stereocenters. The Kier molecular flexibility index (Phi) is 8.36. The van der Waals surface area contributed by atoms with Crippen LogP contribution in [0.1, 0.15) is 56.2 Å². The molecule has 0 spiro atoms. The molecular weight excluding hydrogens is 549 g/mol. The number of carbonyl (C=O) groups excluding carboxylic acids is 2. The van der Waals surface area contributed by atoms with Crippen molar-refractivity contribution in [2.24, 2.45) is 0 Å². The van der Waals surface area contributed by atoms with E-state index >= 15 is 0 Å². The summed E-state index contributed by atoms with van der Waals surface area (Å²) < 4.78 is 44.7. The maximum atomic E-state index is 14.1. The number of nitrogens with zero attached hydrogens (tertiary/aromatic N) is 4. The Hall–Kier alpha value is -2.99. The first-order chi connectivity index (χ1) is 18.3. The van der Waals surface area contributed by atoms with E-state index in [0.717, 1.165) is 0 Å². The van der Waals surface area contributed by atoms with Gasteiger partial charge in [0.1, 0.15) is 29.6 Å². The highest BCUT2D eigenvalue weighted by atomic mass is 35.5. The Morgan fingerprint density at radius 2 is 1.90 bits per heavy atom. The number of anilines is 1. The lowest BCUT2D eigenvalue weighted by Crippen LogP contribution is -2.56. The van der Waals surface area contributed by atoms with Gasteiger partial charge in [-0.2, -0.15) is 0 Å². The number of fused-ring (bicyclic) bond motifs is 1. The molecule has 2 aliphatic heterocycles. The molecular formula is C26H33ClFN5O5S. The number of benzene rings is 1. The van der Waals surface area contributed by atoms with E-state index in [1.807, 2.05) is 11.8 Å². The molecule has 0 radical (unpaired) electrons. The van der Waals surface area contributed by atoms with Gasteiger partial charge < -0.3 is 19.9 Å². The minimum atomic E-state index is -3.33. The molecule has 1 aromatic carbocycles. The van der Waals surface area contributed by atoms with Gasteiger partial charge >= 0.3 is 6.09 Å². The molecule has 2 amide bonds. The zero-order valence-electron chi connectivity index (χ0n) is 22.4. The van der Waals surface area contributed by atoms with Crippen molar-refractivity contribution in [3.05, 3.63) is 52.2 Å². The van der Waals surface area contributed by atoms with Crippen LogP contribution in [-0.2, 0) is 31.5 Å². The number of aromatic nitrogens is 2. The lowest BCUT2D eigenvalue weighted by Gasteiger charge is -2.38. The topological polar surface area (TPSA) is 122 Å². The van der Waals surface area contributed by atoms with Crippen molar-refractivity contribution >= 4 is 39.3 Å². The largest absolute Gasteiger partial charge is 0.444 e. The number of sulfone groups is 1. The fourth-order valence-corrected chi connectivity index (χ4v) is 7.00. The van der Waals surface area contributed by atoms with Gasteiger partial charge in [0.15, 0.2) is 9.84 Å². The van der Waals surface area contributed by atoms with Gasteiger partial charge in [-0.25, -0.2) is 27.6 Å². The summed E-state index contributed by atoms with van der Waals surface area (Å²) in [5, 5.41) is 1.96. The van der Waals surface area contributed by atoms with E-state index in [2.05, 4.69) is 15.3 Å². The van der Waals surface area contributed by atoms with E-state index in [-0.39, 0.29) is 23.1 Å². The van der Waals surface area contributed by atoms with Crippen LogP contribution in [0.3, 0.4) is 0 Å². The van der Waals surface area contributed by atoms with Crippen molar-refractivity contribution in [2.75, 3.05) is 31.1 Å². The van der Waals surface area contributed by atoms with Crippen LogP contribution >= 0.6 is 11.6 Å². The molecule has 1 aromatic heterocycles. The molecule has 2 aliphatic rings. The lowest BCUT2D eigenvalue weighted by molar-refractivity contribution is -0.133. The average molecular weight is 582 g/mol. The summed E-state index contributed by atoms with van der Waals surface area (Å²) in [5.74, 6) is -0.466. The van der Waals surface area contributed by atoms with E-state index in [4.69, 9.17) is 16.3 Å². The summed E-state index contributed by atoms with van der Waals surface area (Å²) >= 11 is 5.80. The molecule has 2 aromatic rings. The first kappa shape index (κ1) is 29.0. The summed E-state index contributed by atoms with van der Waals surface area (Å²) in [6.45, 7) is 8.46. The van der Waals surface area contributed by atoms with Crippen LogP contribution in [0.4, 0.5) is 15.0 Å². The smallest absolute Gasteiger partial charge is 0.408 e. The number of rotatable bonds is 6. The fourth-order valence-electron chi connectivity index (χ4n) is 4.96. The van der Waals surface area contributed by atoms with Gasteiger partial charge in [0, 0.05) is 38.2 Å². The van der Waals surface area contributed by atoms with Gasteiger partial charge in [-0.15, -0.1) is 0 Å². The van der Waals surface area contributed by atoms with Crippen LogP contribution in [0.15, 0.2) is 24.5 Å². The number of alkyl carbamates (subject to hydrolysis) is 1. The van der Waals surface area contributed by atoms with Gasteiger partial charge in [-0.05, 0) is 44.9 Å². The van der Waals surface area contributed by atoms with Crippen molar-refractivity contribution in [1.29, 1.82) is 0 Å². The second kappa shape index (κ2) is 11.2. The first-order valence-corrected chi connectivity index (χ1v) is 14.9. The van der Waals surface area contributed by atoms with Crippen molar-refractivity contribution in [2.45, 2.75) is 63.2 Å². The number of piperazine rings is 1. The second-order valence-electron chi connectivity index (χ2n) is 10.7. The van der Waals surface area contributed by atoms with Gasteiger partial charge in [-0.3, -0.25) is 4.79 Å². The second-order valence-corrected chi connectivity index (χ2v) is 13.3. The minimum Gasteiger partial charge on any atom is -0.444 e. The Balaban J connectivity index is 1.50. The Morgan fingerprint density at radius 3 is 2.51 bits per heavy atom. The number of ether oxygens (including phenoxy) is 1. The highest BCUT2D eigenvalue weighted by Crippen LogP contribution is 2.42. The van der Waals surface area contributed by atoms with Crippen LogP contribution in [0.5, 0.6) is 0 Å². The molecule has 1 N–H and O–H groups in total. The molecule has 39 heavy (non-hydrogen) atoms. The molecule has 3 heterocycles. The Bertz CT molecular complexity index is 1360. The zero-order chi connectivity index (χ0) is 28.5. The van der Waals surface area contributed by atoms with Gasteiger partial charge in [0.2, 0.25) is 5.91 Å². The van der Waals surface area contributed by atoms with Crippen LogP contribution in [0, 0.1) is 5.82 Å². The fraction of sp³-hybridized carbons (Fsp3) is 0.538. The van der Waals surface area contributed by atoms with Crippen molar-refractivity contribution in [1.82, 2.24) is 20.2 Å². The normalized spacial score (nSPS) is 19.4. The summed E-state index contributed by atoms with van der Waals surface area (Å²) in [6.07, 6.45) is 1.10. The van der Waals surface area contributed by atoms with Crippen LogP contribution in [0.25, 0.3) is 0 Å². The molecule has 0 aliphatic carbocycles. The summed E-state index contributed by atoms with van der Waals surface area (Å²) in [7, 11) is -3.33. The van der Waals surface area contributed by atoms with E-state index < -0.39 is 38.6 Å². The number of halogens is 2. The molecule has 1 unspecified atom stereocenters. The quantitative estimate of drug-likeness (QED) is 0.551. The summed E-state index contributed by atoms with van der Waals surface area (Å²) in [4.78, 5) is 38.4. The standard InChI is InChI=1S/C26H33ClFN5O5S/c1-5-21-22-20(14-39(21,36)37)29-15-30-23(22)32-8-10-33(11-9-32)24(34)19(31-25(35)38-26(2,3)4)13-16-6-7-17(27)18(28)12-16/h6-7,12,15,19,21H,5,8-11,13-14H2,1-4H3,(H,31,35)/t19-,21?/m1/s1. The van der Waals surface area contributed by atoms with E-state index in [1.165, 1.54) is 18.5 Å². The SMILES string of the molecule is CCC1c2c(ncnc2N2CCN(C(=O)[C@@H](Cc3ccc(Cl)c(F)c3)NC(=O)OC(C)(C)C)CC2)CS1(=O)=O. The molecule has 1 fully saturated rings. The van der Waals surface area contributed by atoms with Crippen LogP contribution in [-0.4, -0.2) is 73.1 Å². The molecule has 10 nitrogen and oxygen atoms in total. The van der Waals surface area contributed by atoms with Crippen molar-refractivity contribution in [3.8, 4) is 0 Å². The number of nitrogens with one attached hydrogen (secondary N) is 1. The molecule has 13 heteroatoms. The predicted octanol–water partition coefficient (Wildman–Crippen LogP) is 3.43. The van der Waals surface area contributed by atoms with E-state index in [9.17, 15) is 22.4 Å². The minimum absolute atomic E-state index is 0.0350. The van der Waals surface area contributed by atoms with Crippen molar-refractivity contribution in [3.63, 3.8) is 0 Å². The third-order valence-corrected chi connectivity index (χ3v) is 9.13. The average Bonchev–Trinajstić information content (AvgIpc) is 3.13. The van der Waals surface area contributed by atoms with E-state index in [0.29, 0.717) is 55.2 Å². The molecule has 212 valence electrons. The number of carbonyl (C=O) groups is 2. The zero-order valence-corrected chi connectivity index (χ0v) is 24.0. The summed E-state index contributed by atoms with van der Waals surface area (Å²) in [6, 6.07) is 3.26. The highest BCUT2D eigenvalue weighted by Gasteiger charge is 2.40. The third-order valence-electron chi connectivity index (χ3n) is 6.71. The first-order valence-electron chi connectivity index (χ1n) is 12.8. The Morgan fingerprint density at radius 1 is 1.21 bits per heavy atom. The van der Waals surface area contributed by atoms with Crippen LogP contribution in [0.2, 0.25) is 5.02 Å². The lowest BCUT2D eigenvalue weighted by atomic mass is 10.0. The molecule has 0 bridgehead atoms. The number of hydrogen-bond donors (Lipinski definition) is 1. The van der Waals surface area contributed by atoms with E-state index in [1.54, 1.807) is 31.7 Å². The number of amides is 2. The highest BCUT2D eigenvalue weighted by molar-refractivity contribution is 7.91. The summed E-state index contributed by atoms with van der Waals surface area (Å²) in [5.41, 5.74) is 0.904. The maximum Gasteiger partial charge on any atom is 0.408 e. The van der Waals surface area contributed by atoms with Crippen molar-refractivity contribution < 1.29 is 27.1 Å². The molecule has 1 saturated heterocycles. The third kappa shape index (κ3) is 6.60. The molecule has 4 rings (SSSR count). The van der Waals surface area contributed by atoms with Gasteiger partial charge in [0.05, 0.1) is 21.7 Å². The maximum absolute atomic E-state index is 14.1. The van der Waals surface area contributed by atoms with Crippen LogP contribution < -0.4 is 10.2 Å². The molecule has 0 saturated carbocycles.